The molecule has 1 amide bonds. The molecular formula is C14H13N5O. The second-order valence-electron chi connectivity index (χ2n) is 4.47. The molecule has 0 bridgehead atoms. The molecule has 0 unspecified atom stereocenters. The van der Waals surface area contributed by atoms with E-state index >= 15 is 0 Å². The average molecular weight is 267 g/mol. The van der Waals surface area contributed by atoms with Crippen molar-refractivity contribution in [2.75, 3.05) is 5.32 Å². The highest BCUT2D eigenvalue weighted by Crippen LogP contribution is 2.22. The smallest absolute Gasteiger partial charge is 0.232 e. The Labute approximate surface area is 115 Å². The Hall–Kier alpha value is -2.76. The number of amides is 1. The Kier molecular flexibility index (Phi) is 3.12. The number of carbonyl (C=O) groups excluding carboxylic acids is 1. The van der Waals surface area contributed by atoms with Crippen molar-refractivity contribution in [2.45, 2.75) is 6.42 Å². The first-order valence-corrected chi connectivity index (χ1v) is 6.23. The lowest BCUT2D eigenvalue weighted by Crippen LogP contribution is -2.17. The van der Waals surface area contributed by atoms with Gasteiger partial charge in [-0.15, -0.1) is 5.10 Å². The first-order valence-electron chi connectivity index (χ1n) is 6.23. The van der Waals surface area contributed by atoms with Crippen molar-refractivity contribution >= 4 is 22.4 Å². The van der Waals surface area contributed by atoms with Crippen LogP contribution in [-0.2, 0) is 18.3 Å². The highest BCUT2D eigenvalue weighted by Gasteiger charge is 2.10. The van der Waals surface area contributed by atoms with Crippen molar-refractivity contribution in [3.05, 3.63) is 48.3 Å². The van der Waals surface area contributed by atoms with Crippen molar-refractivity contribution in [1.82, 2.24) is 20.2 Å². The van der Waals surface area contributed by atoms with Gasteiger partial charge >= 0.3 is 0 Å². The van der Waals surface area contributed by atoms with E-state index in [1.165, 1.54) is 4.68 Å². The largest absolute Gasteiger partial charge is 0.325 e. The summed E-state index contributed by atoms with van der Waals surface area (Å²) in [4.78, 5) is 12.1. The van der Waals surface area contributed by atoms with E-state index in [0.29, 0.717) is 5.82 Å². The summed E-state index contributed by atoms with van der Waals surface area (Å²) in [6.07, 6.45) is 0.146. The zero-order chi connectivity index (χ0) is 13.9. The zero-order valence-corrected chi connectivity index (χ0v) is 10.9. The third kappa shape index (κ3) is 2.35. The van der Waals surface area contributed by atoms with Crippen molar-refractivity contribution in [3.8, 4) is 0 Å². The molecule has 100 valence electrons. The molecule has 1 N–H and O–H groups in total. The van der Waals surface area contributed by atoms with Crippen LogP contribution < -0.4 is 5.32 Å². The fraction of sp³-hybridized carbons (Fsp3) is 0.143. The second kappa shape index (κ2) is 5.08. The molecular weight excluding hydrogens is 254 g/mol. The molecule has 3 rings (SSSR count). The topological polar surface area (TPSA) is 72.7 Å². The van der Waals surface area contributed by atoms with E-state index in [-0.39, 0.29) is 12.3 Å². The Morgan fingerprint density at radius 2 is 2.00 bits per heavy atom. The minimum Gasteiger partial charge on any atom is -0.325 e. The number of hydrogen-bond donors (Lipinski definition) is 1. The summed E-state index contributed by atoms with van der Waals surface area (Å²) in [5.74, 6) is 0.391. The van der Waals surface area contributed by atoms with Crippen LogP contribution in [-0.4, -0.2) is 26.1 Å². The van der Waals surface area contributed by atoms with Crippen LogP contribution in [0.4, 0.5) is 5.69 Å². The quantitative estimate of drug-likeness (QED) is 0.781. The number of rotatable bonds is 3. The summed E-state index contributed by atoms with van der Waals surface area (Å²) in [7, 11) is 1.71. The summed E-state index contributed by atoms with van der Waals surface area (Å²) in [5, 5.41) is 16.0. The van der Waals surface area contributed by atoms with E-state index in [9.17, 15) is 4.79 Å². The van der Waals surface area contributed by atoms with E-state index < -0.39 is 0 Å². The molecule has 1 heterocycles. The van der Waals surface area contributed by atoms with Crippen molar-refractivity contribution < 1.29 is 4.79 Å². The molecule has 0 aliphatic carbocycles. The minimum atomic E-state index is -0.140. The standard InChI is InChI=1S/C14H13N5O/c1-19-13(16-17-18-19)9-14(20)15-12-8-4-6-10-5-2-3-7-11(10)12/h2-8H,9H2,1H3,(H,15,20). The summed E-state index contributed by atoms with van der Waals surface area (Å²) in [5.41, 5.74) is 0.795. The Morgan fingerprint density at radius 3 is 2.80 bits per heavy atom. The number of fused-ring (bicyclic) bond motifs is 1. The number of anilines is 1. The SMILES string of the molecule is Cn1nnnc1CC(=O)Nc1cccc2ccccc12. The molecule has 0 aliphatic rings. The number of nitrogens with zero attached hydrogens (tertiary/aromatic N) is 4. The lowest BCUT2D eigenvalue weighted by Gasteiger charge is -2.08. The highest BCUT2D eigenvalue weighted by molar-refractivity contribution is 6.02. The highest BCUT2D eigenvalue weighted by atomic mass is 16.1. The Morgan fingerprint density at radius 1 is 1.20 bits per heavy atom. The van der Waals surface area contributed by atoms with Gasteiger partial charge in [-0.2, -0.15) is 0 Å². The summed E-state index contributed by atoms with van der Waals surface area (Å²) in [6, 6.07) is 13.7. The summed E-state index contributed by atoms with van der Waals surface area (Å²) in [6.45, 7) is 0. The number of aromatic nitrogens is 4. The zero-order valence-electron chi connectivity index (χ0n) is 10.9. The molecule has 0 atom stereocenters. The van der Waals surface area contributed by atoms with Gasteiger partial charge in [0.05, 0.1) is 6.42 Å². The van der Waals surface area contributed by atoms with Gasteiger partial charge in [0.2, 0.25) is 5.91 Å². The van der Waals surface area contributed by atoms with Crippen molar-refractivity contribution in [3.63, 3.8) is 0 Å². The summed E-state index contributed by atoms with van der Waals surface area (Å²) >= 11 is 0. The maximum atomic E-state index is 12.1. The van der Waals surface area contributed by atoms with Gasteiger partial charge in [0.25, 0.3) is 0 Å². The molecule has 0 saturated heterocycles. The lowest BCUT2D eigenvalue weighted by atomic mass is 10.1. The van der Waals surface area contributed by atoms with Gasteiger partial charge in [0, 0.05) is 18.1 Å². The summed E-state index contributed by atoms with van der Waals surface area (Å²) < 4.78 is 1.49. The van der Waals surface area contributed by atoms with Gasteiger partial charge in [-0.05, 0) is 21.9 Å². The molecule has 3 aromatic rings. The van der Waals surface area contributed by atoms with Gasteiger partial charge < -0.3 is 5.32 Å². The number of benzene rings is 2. The maximum absolute atomic E-state index is 12.1. The molecule has 0 spiro atoms. The molecule has 0 aliphatic heterocycles. The van der Waals surface area contributed by atoms with E-state index in [1.54, 1.807) is 7.05 Å². The lowest BCUT2D eigenvalue weighted by molar-refractivity contribution is -0.115. The number of aryl methyl sites for hydroxylation is 1. The second-order valence-corrected chi connectivity index (χ2v) is 4.47. The Bertz CT molecular complexity index is 760. The monoisotopic (exact) mass is 267 g/mol. The van der Waals surface area contributed by atoms with E-state index in [2.05, 4.69) is 20.8 Å². The van der Waals surface area contributed by atoms with Crippen LogP contribution in [0.1, 0.15) is 5.82 Å². The fourth-order valence-electron chi connectivity index (χ4n) is 2.07. The fourth-order valence-corrected chi connectivity index (χ4v) is 2.07. The van der Waals surface area contributed by atoms with E-state index in [4.69, 9.17) is 0 Å². The van der Waals surface area contributed by atoms with Crippen LogP contribution in [0.25, 0.3) is 10.8 Å². The minimum absolute atomic E-state index is 0.140. The third-order valence-electron chi connectivity index (χ3n) is 3.09. The number of carbonyl (C=O) groups is 1. The molecule has 0 saturated carbocycles. The third-order valence-corrected chi connectivity index (χ3v) is 3.09. The molecule has 0 fully saturated rings. The number of tetrazole rings is 1. The van der Waals surface area contributed by atoms with Crippen LogP contribution in [0.5, 0.6) is 0 Å². The van der Waals surface area contributed by atoms with Crippen molar-refractivity contribution in [2.24, 2.45) is 7.05 Å². The maximum Gasteiger partial charge on any atom is 0.232 e. The predicted octanol–water partition coefficient (Wildman–Crippen LogP) is 1.54. The molecule has 0 radical (unpaired) electrons. The Balaban J connectivity index is 1.83. The molecule has 20 heavy (non-hydrogen) atoms. The van der Waals surface area contributed by atoms with Gasteiger partial charge in [0.15, 0.2) is 5.82 Å². The number of hydrogen-bond acceptors (Lipinski definition) is 4. The molecule has 6 heteroatoms. The molecule has 6 nitrogen and oxygen atoms in total. The number of nitrogens with one attached hydrogen (secondary N) is 1. The van der Waals surface area contributed by atoms with Gasteiger partial charge in [-0.3, -0.25) is 4.79 Å². The van der Waals surface area contributed by atoms with Crippen LogP contribution in [0.3, 0.4) is 0 Å². The van der Waals surface area contributed by atoms with Gasteiger partial charge in [-0.25, -0.2) is 4.68 Å². The van der Waals surface area contributed by atoms with E-state index in [1.807, 2.05) is 42.5 Å². The molecule has 2 aromatic carbocycles. The van der Waals surface area contributed by atoms with Gasteiger partial charge in [-0.1, -0.05) is 36.4 Å². The van der Waals surface area contributed by atoms with Crippen LogP contribution >= 0.6 is 0 Å². The van der Waals surface area contributed by atoms with Crippen LogP contribution in [0.2, 0.25) is 0 Å². The van der Waals surface area contributed by atoms with Crippen molar-refractivity contribution in [1.29, 1.82) is 0 Å². The average Bonchev–Trinajstić information content (AvgIpc) is 2.85. The van der Waals surface area contributed by atoms with Crippen LogP contribution in [0.15, 0.2) is 42.5 Å². The van der Waals surface area contributed by atoms with Crippen LogP contribution in [0, 0.1) is 0 Å². The van der Waals surface area contributed by atoms with Gasteiger partial charge in [0.1, 0.15) is 0 Å². The molecule has 1 aromatic heterocycles. The normalized spacial score (nSPS) is 10.7. The first-order chi connectivity index (χ1) is 9.74. The van der Waals surface area contributed by atoms with E-state index in [0.717, 1.165) is 16.5 Å². The predicted molar refractivity (Wildman–Crippen MR) is 75.1 cm³/mol. The first kappa shape index (κ1) is 12.3.